The summed E-state index contributed by atoms with van der Waals surface area (Å²) >= 11 is 1.58. The zero-order chi connectivity index (χ0) is 15.5. The van der Waals surface area contributed by atoms with Gasteiger partial charge in [-0.3, -0.25) is 9.59 Å². The van der Waals surface area contributed by atoms with Crippen LogP contribution in [0.5, 0.6) is 0 Å². The molecule has 0 radical (unpaired) electrons. The molecule has 5 heteroatoms. The van der Waals surface area contributed by atoms with E-state index in [9.17, 15) is 9.59 Å². The quantitative estimate of drug-likeness (QED) is 0.942. The Hall–Kier alpha value is -2.14. The van der Waals surface area contributed by atoms with Crippen LogP contribution in [-0.4, -0.2) is 18.4 Å². The van der Waals surface area contributed by atoms with E-state index < -0.39 is 0 Å². The van der Waals surface area contributed by atoms with Crippen molar-refractivity contribution >= 4 is 34.5 Å². The third-order valence-electron chi connectivity index (χ3n) is 3.79. The van der Waals surface area contributed by atoms with Gasteiger partial charge in [-0.2, -0.15) is 0 Å². The van der Waals surface area contributed by atoms with Gasteiger partial charge in [0, 0.05) is 29.2 Å². The number of carbonyl (C=O) groups is 2. The van der Waals surface area contributed by atoms with Crippen LogP contribution in [0.4, 0.5) is 11.4 Å². The van der Waals surface area contributed by atoms with Gasteiger partial charge in [0.05, 0.1) is 6.42 Å². The van der Waals surface area contributed by atoms with Gasteiger partial charge in [0.15, 0.2) is 0 Å². The molecular weight excluding hydrogens is 296 g/mol. The van der Waals surface area contributed by atoms with E-state index in [2.05, 4.69) is 5.32 Å². The van der Waals surface area contributed by atoms with Crippen LogP contribution in [0.1, 0.15) is 23.8 Å². The molecule has 1 aromatic heterocycles. The van der Waals surface area contributed by atoms with Crippen LogP contribution in [0.25, 0.3) is 0 Å². The van der Waals surface area contributed by atoms with Crippen molar-refractivity contribution in [3.63, 3.8) is 0 Å². The average molecular weight is 314 g/mol. The van der Waals surface area contributed by atoms with Gasteiger partial charge in [0.1, 0.15) is 0 Å². The Balaban J connectivity index is 1.73. The van der Waals surface area contributed by atoms with Crippen molar-refractivity contribution in [1.82, 2.24) is 0 Å². The van der Waals surface area contributed by atoms with E-state index in [1.807, 2.05) is 42.6 Å². The molecule has 3 rings (SSSR count). The molecule has 0 unspecified atom stereocenters. The summed E-state index contributed by atoms with van der Waals surface area (Å²) in [6.45, 7) is 2.65. The second kappa shape index (κ2) is 6.32. The molecular formula is C17H18N2O2S. The molecule has 4 nitrogen and oxygen atoms in total. The summed E-state index contributed by atoms with van der Waals surface area (Å²) in [5.41, 5.74) is 2.89. The summed E-state index contributed by atoms with van der Waals surface area (Å²) in [6, 6.07) is 9.68. The van der Waals surface area contributed by atoms with Crippen LogP contribution in [0.3, 0.4) is 0 Å². The number of rotatable bonds is 4. The van der Waals surface area contributed by atoms with Gasteiger partial charge in [-0.25, -0.2) is 0 Å². The highest BCUT2D eigenvalue weighted by atomic mass is 32.1. The largest absolute Gasteiger partial charge is 0.326 e. The van der Waals surface area contributed by atoms with Gasteiger partial charge in [-0.1, -0.05) is 6.07 Å². The summed E-state index contributed by atoms with van der Waals surface area (Å²) in [7, 11) is 0. The number of anilines is 2. The minimum Gasteiger partial charge on any atom is -0.326 e. The molecule has 0 saturated heterocycles. The zero-order valence-electron chi connectivity index (χ0n) is 12.5. The lowest BCUT2D eigenvalue weighted by molar-refractivity contribution is -0.119. The third-order valence-corrected chi connectivity index (χ3v) is 4.67. The van der Waals surface area contributed by atoms with Gasteiger partial charge in [0.25, 0.3) is 0 Å². The van der Waals surface area contributed by atoms with Crippen molar-refractivity contribution in [2.24, 2.45) is 0 Å². The number of fused-ring (bicyclic) bond motifs is 1. The van der Waals surface area contributed by atoms with Gasteiger partial charge >= 0.3 is 0 Å². The smallest absolute Gasteiger partial charge is 0.229 e. The van der Waals surface area contributed by atoms with E-state index >= 15 is 0 Å². The number of benzene rings is 1. The van der Waals surface area contributed by atoms with Crippen LogP contribution >= 0.6 is 11.3 Å². The first-order valence-corrected chi connectivity index (χ1v) is 8.31. The van der Waals surface area contributed by atoms with E-state index in [-0.39, 0.29) is 11.8 Å². The monoisotopic (exact) mass is 314 g/mol. The first-order chi connectivity index (χ1) is 10.7. The molecule has 1 aromatic carbocycles. The first-order valence-electron chi connectivity index (χ1n) is 7.43. The maximum atomic E-state index is 12.1. The first kappa shape index (κ1) is 14.8. The summed E-state index contributed by atoms with van der Waals surface area (Å²) in [5, 5.41) is 4.91. The number of hydrogen-bond donors (Lipinski definition) is 1. The standard InChI is InChI=1S/C17H18N2O2S/c1-2-19-15-7-6-13(10-12(15)5-8-17(19)21)18-16(20)11-14-4-3-9-22-14/h3-4,6-7,9-10H,2,5,8,11H2,1H3,(H,18,20). The Bertz CT molecular complexity index is 695. The third kappa shape index (κ3) is 3.04. The predicted octanol–water partition coefficient (Wildman–Crippen LogP) is 3.23. The molecule has 2 amide bonds. The summed E-state index contributed by atoms with van der Waals surface area (Å²) in [5.74, 6) is 0.158. The molecule has 0 atom stereocenters. The molecule has 0 aliphatic carbocycles. The Morgan fingerprint density at radius 2 is 2.18 bits per heavy atom. The highest BCUT2D eigenvalue weighted by molar-refractivity contribution is 7.10. The highest BCUT2D eigenvalue weighted by Crippen LogP contribution is 2.30. The van der Waals surface area contributed by atoms with E-state index in [0.29, 0.717) is 19.4 Å². The Morgan fingerprint density at radius 3 is 2.91 bits per heavy atom. The fourth-order valence-corrected chi connectivity index (χ4v) is 3.46. The molecule has 22 heavy (non-hydrogen) atoms. The number of nitrogens with zero attached hydrogens (tertiary/aromatic N) is 1. The second-order valence-electron chi connectivity index (χ2n) is 5.29. The zero-order valence-corrected chi connectivity index (χ0v) is 13.3. The molecule has 0 fully saturated rings. The fraction of sp³-hybridized carbons (Fsp3) is 0.294. The molecule has 0 bridgehead atoms. The molecule has 1 aliphatic rings. The van der Waals surface area contributed by atoms with Gasteiger partial charge in [-0.05, 0) is 48.6 Å². The second-order valence-corrected chi connectivity index (χ2v) is 6.32. The van der Waals surface area contributed by atoms with Crippen LogP contribution in [0.2, 0.25) is 0 Å². The number of carbonyl (C=O) groups excluding carboxylic acids is 2. The van der Waals surface area contributed by atoms with Crippen molar-refractivity contribution < 1.29 is 9.59 Å². The molecule has 1 N–H and O–H groups in total. The van der Waals surface area contributed by atoms with E-state index in [4.69, 9.17) is 0 Å². The van der Waals surface area contributed by atoms with Gasteiger partial charge < -0.3 is 10.2 Å². The molecule has 2 heterocycles. The highest BCUT2D eigenvalue weighted by Gasteiger charge is 2.22. The SMILES string of the molecule is CCN1C(=O)CCc2cc(NC(=O)Cc3cccs3)ccc21. The predicted molar refractivity (Wildman–Crippen MR) is 89.4 cm³/mol. The lowest BCUT2D eigenvalue weighted by Crippen LogP contribution is -2.34. The average Bonchev–Trinajstić information content (AvgIpc) is 3.00. The minimum atomic E-state index is -0.0124. The summed E-state index contributed by atoms with van der Waals surface area (Å²) < 4.78 is 0. The Kier molecular flexibility index (Phi) is 4.24. The van der Waals surface area contributed by atoms with Crippen molar-refractivity contribution in [1.29, 1.82) is 0 Å². The summed E-state index contributed by atoms with van der Waals surface area (Å²) in [6.07, 6.45) is 1.67. The fourth-order valence-electron chi connectivity index (χ4n) is 2.76. The number of thiophene rings is 1. The van der Waals surface area contributed by atoms with Crippen molar-refractivity contribution in [2.75, 3.05) is 16.8 Å². The van der Waals surface area contributed by atoms with Crippen molar-refractivity contribution in [2.45, 2.75) is 26.2 Å². The Labute approximate surface area is 133 Å². The summed E-state index contributed by atoms with van der Waals surface area (Å²) in [4.78, 5) is 26.8. The maximum absolute atomic E-state index is 12.1. The normalized spacial score (nSPS) is 13.9. The topological polar surface area (TPSA) is 49.4 Å². The van der Waals surface area contributed by atoms with Crippen molar-refractivity contribution in [3.05, 3.63) is 46.2 Å². The Morgan fingerprint density at radius 1 is 1.32 bits per heavy atom. The molecule has 2 aromatic rings. The number of aryl methyl sites for hydroxylation is 1. The number of amides is 2. The van der Waals surface area contributed by atoms with Crippen LogP contribution in [0, 0.1) is 0 Å². The van der Waals surface area contributed by atoms with E-state index in [1.165, 1.54) is 0 Å². The van der Waals surface area contributed by atoms with Crippen molar-refractivity contribution in [3.8, 4) is 0 Å². The molecule has 1 aliphatic heterocycles. The van der Waals surface area contributed by atoms with Gasteiger partial charge in [0.2, 0.25) is 11.8 Å². The van der Waals surface area contributed by atoms with Crippen LogP contribution < -0.4 is 10.2 Å². The van der Waals surface area contributed by atoms with Crippen LogP contribution in [0.15, 0.2) is 35.7 Å². The molecule has 114 valence electrons. The maximum Gasteiger partial charge on any atom is 0.229 e. The lowest BCUT2D eigenvalue weighted by Gasteiger charge is -2.28. The molecule has 0 saturated carbocycles. The number of nitrogens with one attached hydrogen (secondary N) is 1. The lowest BCUT2D eigenvalue weighted by atomic mass is 10.0. The van der Waals surface area contributed by atoms with E-state index in [0.717, 1.165) is 28.2 Å². The molecule has 0 spiro atoms. The number of hydrogen-bond acceptors (Lipinski definition) is 3. The minimum absolute atomic E-state index is 0.0124. The van der Waals surface area contributed by atoms with E-state index in [1.54, 1.807) is 16.2 Å². The van der Waals surface area contributed by atoms with Crippen LogP contribution in [-0.2, 0) is 22.4 Å². The van der Waals surface area contributed by atoms with Gasteiger partial charge in [-0.15, -0.1) is 11.3 Å².